The van der Waals surface area contributed by atoms with Crippen LogP contribution in [0.5, 0.6) is 5.75 Å². The van der Waals surface area contributed by atoms with E-state index in [4.69, 9.17) is 4.74 Å². The topological polar surface area (TPSA) is 87.7 Å². The van der Waals surface area contributed by atoms with Crippen molar-refractivity contribution in [1.29, 1.82) is 0 Å². The van der Waals surface area contributed by atoms with Crippen molar-refractivity contribution in [2.75, 3.05) is 13.1 Å². The fourth-order valence-electron chi connectivity index (χ4n) is 6.47. The van der Waals surface area contributed by atoms with Gasteiger partial charge in [-0.3, -0.25) is 9.59 Å². The minimum Gasteiger partial charge on any atom is -0.490 e. The van der Waals surface area contributed by atoms with Crippen LogP contribution in [0, 0.1) is 11.2 Å². The Morgan fingerprint density at radius 1 is 1.10 bits per heavy atom. The molecule has 0 radical (unpaired) electrons. The number of carbonyl (C=O) groups is 2. The fraction of sp³-hybridized carbons (Fsp3) is 0.548. The monoisotopic (exact) mass is 540 g/mol. The first-order chi connectivity index (χ1) is 18.5. The van der Waals surface area contributed by atoms with Crippen LogP contribution in [-0.2, 0) is 16.0 Å². The molecule has 2 aromatic carbocycles. The van der Waals surface area contributed by atoms with Crippen LogP contribution >= 0.6 is 0 Å². The maximum Gasteiger partial charge on any atom is 0.307 e. The third-order valence-corrected chi connectivity index (χ3v) is 8.48. The molecule has 2 aliphatic carbocycles. The Hall–Kier alpha value is -3.00. The van der Waals surface area contributed by atoms with Gasteiger partial charge in [0.15, 0.2) is 0 Å². The van der Waals surface area contributed by atoms with E-state index in [2.05, 4.69) is 10.6 Å². The van der Waals surface area contributed by atoms with Gasteiger partial charge in [-0.15, -0.1) is 0 Å². The molecule has 2 aromatic rings. The van der Waals surface area contributed by atoms with E-state index in [1.807, 2.05) is 19.9 Å². The summed E-state index contributed by atoms with van der Waals surface area (Å²) in [5.41, 5.74) is 0.237. The molecule has 5 rings (SSSR count). The zero-order valence-electron chi connectivity index (χ0n) is 22.7. The van der Waals surface area contributed by atoms with E-state index < -0.39 is 17.5 Å². The molecule has 2 saturated carbocycles. The Morgan fingerprint density at radius 3 is 2.56 bits per heavy atom. The molecule has 1 aliphatic heterocycles. The molecule has 6 nitrogen and oxygen atoms in total. The van der Waals surface area contributed by atoms with Gasteiger partial charge in [0.25, 0.3) is 5.91 Å². The summed E-state index contributed by atoms with van der Waals surface area (Å²) in [6, 6.07) is 10.1. The molecule has 1 saturated heterocycles. The van der Waals surface area contributed by atoms with Crippen LogP contribution in [0.2, 0.25) is 0 Å². The number of carbonyl (C=O) groups excluding carboxylic acids is 1. The highest BCUT2D eigenvalue weighted by Gasteiger charge is 2.47. The van der Waals surface area contributed by atoms with E-state index in [0.717, 1.165) is 19.3 Å². The smallest absolute Gasteiger partial charge is 0.307 e. The number of rotatable bonds is 8. The van der Waals surface area contributed by atoms with E-state index in [-0.39, 0.29) is 48.7 Å². The molecule has 39 heavy (non-hydrogen) atoms. The molecule has 3 atom stereocenters. The highest BCUT2D eigenvalue weighted by Crippen LogP contribution is 2.46. The van der Waals surface area contributed by atoms with Crippen LogP contribution in [-0.4, -0.2) is 47.9 Å². The maximum atomic E-state index is 15.5. The molecule has 0 bridgehead atoms. The lowest BCUT2D eigenvalue weighted by Crippen LogP contribution is -2.59. The number of piperidine rings is 1. The lowest BCUT2D eigenvalue weighted by Gasteiger charge is -2.39. The van der Waals surface area contributed by atoms with Gasteiger partial charge < -0.3 is 20.5 Å². The summed E-state index contributed by atoms with van der Waals surface area (Å²) in [5.74, 6) is -1.22. The molecule has 3 aliphatic rings. The third-order valence-electron chi connectivity index (χ3n) is 8.48. The number of aliphatic carboxylic acids is 1. The highest BCUT2D eigenvalue weighted by molar-refractivity contribution is 5.86. The lowest BCUT2D eigenvalue weighted by molar-refractivity contribution is -0.137. The second-order valence-corrected chi connectivity index (χ2v) is 12.3. The zero-order chi connectivity index (χ0) is 27.8. The van der Waals surface area contributed by atoms with Crippen LogP contribution in [0.1, 0.15) is 75.8 Å². The van der Waals surface area contributed by atoms with Gasteiger partial charge in [-0.1, -0.05) is 44.5 Å². The van der Waals surface area contributed by atoms with Crippen molar-refractivity contribution in [2.24, 2.45) is 5.41 Å². The number of carboxylic acid groups (broad SMARTS) is 1. The number of carboxylic acids is 1. The van der Waals surface area contributed by atoms with Crippen molar-refractivity contribution in [3.63, 3.8) is 0 Å². The van der Waals surface area contributed by atoms with Gasteiger partial charge in [-0.05, 0) is 72.3 Å². The first-order valence-corrected chi connectivity index (χ1v) is 14.0. The van der Waals surface area contributed by atoms with E-state index in [0.29, 0.717) is 53.8 Å². The second kappa shape index (κ2) is 10.9. The number of hydrogen-bond donors (Lipinski definition) is 3. The fourth-order valence-corrected chi connectivity index (χ4v) is 6.47. The molecule has 0 unspecified atom stereocenters. The van der Waals surface area contributed by atoms with Gasteiger partial charge in [-0.2, -0.15) is 0 Å². The van der Waals surface area contributed by atoms with E-state index >= 15 is 8.78 Å². The quantitative estimate of drug-likeness (QED) is 0.410. The number of ether oxygens (including phenoxy) is 1. The van der Waals surface area contributed by atoms with Gasteiger partial charge in [0.1, 0.15) is 17.7 Å². The first kappa shape index (κ1) is 27.6. The number of hydrogen-bond acceptors (Lipinski definition) is 4. The Kier molecular flexibility index (Phi) is 7.68. The first-order valence-electron chi connectivity index (χ1n) is 14.0. The molecule has 8 heteroatoms. The Balaban J connectivity index is 1.36. The summed E-state index contributed by atoms with van der Waals surface area (Å²) in [6.45, 7) is 4.57. The summed E-state index contributed by atoms with van der Waals surface area (Å²) in [5, 5.41) is 15.6. The number of amides is 1. The molecule has 3 N–H and O–H groups in total. The number of nitrogens with one attached hydrogen (secondary N) is 2. The SMILES string of the molecule is CC1(C)CNC[C@](F)(C(=O)N[C@@H]2CC[C@@H](Oc3cccc(CC(=O)O)c3-c3cccc(F)c3C3CCC3)C2)C1. The summed E-state index contributed by atoms with van der Waals surface area (Å²) < 4.78 is 37.1. The molecule has 0 spiro atoms. The molecule has 0 aromatic heterocycles. The van der Waals surface area contributed by atoms with Crippen LogP contribution < -0.4 is 15.4 Å². The minimum absolute atomic E-state index is 0.00556. The van der Waals surface area contributed by atoms with Crippen LogP contribution in [0.25, 0.3) is 11.1 Å². The van der Waals surface area contributed by atoms with E-state index in [1.54, 1.807) is 24.3 Å². The lowest BCUT2D eigenvalue weighted by atomic mass is 9.76. The molecular formula is C31H38F2N2O4. The normalized spacial score (nSPS) is 26.6. The van der Waals surface area contributed by atoms with Gasteiger partial charge in [0.05, 0.1) is 6.42 Å². The van der Waals surface area contributed by atoms with Crippen LogP contribution in [0.15, 0.2) is 36.4 Å². The van der Waals surface area contributed by atoms with Crippen LogP contribution in [0.4, 0.5) is 8.78 Å². The van der Waals surface area contributed by atoms with Crippen molar-refractivity contribution in [3.05, 3.63) is 53.3 Å². The Morgan fingerprint density at radius 2 is 1.87 bits per heavy atom. The van der Waals surface area contributed by atoms with Crippen molar-refractivity contribution < 1.29 is 28.2 Å². The van der Waals surface area contributed by atoms with Gasteiger partial charge in [-0.25, -0.2) is 8.78 Å². The zero-order valence-corrected chi connectivity index (χ0v) is 22.7. The van der Waals surface area contributed by atoms with Gasteiger partial charge in [0.2, 0.25) is 5.67 Å². The molecule has 3 fully saturated rings. The largest absolute Gasteiger partial charge is 0.490 e. The summed E-state index contributed by atoms with van der Waals surface area (Å²) in [4.78, 5) is 24.6. The third kappa shape index (κ3) is 5.96. The molecular weight excluding hydrogens is 502 g/mol. The number of halogens is 2. The van der Waals surface area contributed by atoms with Crippen molar-refractivity contribution in [1.82, 2.24) is 10.6 Å². The Labute approximate surface area is 228 Å². The summed E-state index contributed by atoms with van der Waals surface area (Å²) in [7, 11) is 0. The Bertz CT molecular complexity index is 1250. The summed E-state index contributed by atoms with van der Waals surface area (Å²) >= 11 is 0. The average Bonchev–Trinajstić information content (AvgIpc) is 3.25. The average molecular weight is 541 g/mol. The van der Waals surface area contributed by atoms with Crippen molar-refractivity contribution >= 4 is 11.9 Å². The van der Waals surface area contributed by atoms with Crippen molar-refractivity contribution in [3.8, 4) is 16.9 Å². The minimum atomic E-state index is -1.95. The molecule has 1 amide bonds. The van der Waals surface area contributed by atoms with Gasteiger partial charge in [0, 0.05) is 31.1 Å². The molecule has 1 heterocycles. The predicted molar refractivity (Wildman–Crippen MR) is 145 cm³/mol. The second-order valence-electron chi connectivity index (χ2n) is 12.3. The van der Waals surface area contributed by atoms with Crippen LogP contribution in [0.3, 0.4) is 0 Å². The van der Waals surface area contributed by atoms with Gasteiger partial charge >= 0.3 is 5.97 Å². The van der Waals surface area contributed by atoms with Crippen molar-refractivity contribution in [2.45, 2.75) is 88.9 Å². The highest BCUT2D eigenvalue weighted by atomic mass is 19.1. The predicted octanol–water partition coefficient (Wildman–Crippen LogP) is 5.53. The standard InChI is InChI=1S/C31H38F2N2O4/c1-30(2)16-31(33,18-34-17-30)29(38)35-21-12-13-22(15-21)39-25-11-4-8-20(14-26(36)37)28(25)23-9-5-10-24(32)27(23)19-6-3-7-19/h4-5,8-11,19,21-22,34H,3,6-7,12-18H2,1-2H3,(H,35,38)(H,36,37)/t21-,22-,31+/m1/s1. The van der Waals surface area contributed by atoms with E-state index in [9.17, 15) is 14.7 Å². The maximum absolute atomic E-state index is 15.5. The van der Waals surface area contributed by atoms with E-state index in [1.165, 1.54) is 6.07 Å². The summed E-state index contributed by atoms with van der Waals surface area (Å²) in [6.07, 6.45) is 4.39. The molecule has 210 valence electrons. The number of alkyl halides is 1. The number of benzene rings is 2.